The predicted molar refractivity (Wildman–Crippen MR) is 83.6 cm³/mol. The van der Waals surface area contributed by atoms with Crippen LogP contribution in [0.2, 0.25) is 0 Å². The van der Waals surface area contributed by atoms with Gasteiger partial charge in [-0.2, -0.15) is 0 Å². The fraction of sp³-hybridized carbons (Fsp3) is 0.600. The number of aryl methyl sites for hydroxylation is 1. The molecule has 0 aliphatic carbocycles. The molecule has 2 heterocycles. The van der Waals surface area contributed by atoms with E-state index in [0.29, 0.717) is 11.7 Å². The SMILES string of the molecule is CCc1ccc(S(=O)(=O)NC2CCN3CCCC23)cc1N. The molecule has 0 spiro atoms. The maximum atomic E-state index is 12.5. The van der Waals surface area contributed by atoms with Crippen molar-refractivity contribution in [1.82, 2.24) is 9.62 Å². The van der Waals surface area contributed by atoms with E-state index in [1.807, 2.05) is 6.92 Å². The number of rotatable bonds is 4. The Labute approximate surface area is 126 Å². The van der Waals surface area contributed by atoms with Crippen molar-refractivity contribution in [2.24, 2.45) is 0 Å². The number of anilines is 1. The molecule has 1 aromatic carbocycles. The summed E-state index contributed by atoms with van der Waals surface area (Å²) in [6, 6.07) is 5.43. The van der Waals surface area contributed by atoms with Crippen LogP contribution in [0, 0.1) is 0 Å². The number of nitrogen functional groups attached to an aromatic ring is 1. The van der Waals surface area contributed by atoms with Crippen LogP contribution in [0.5, 0.6) is 0 Å². The number of nitrogens with two attached hydrogens (primary N) is 1. The van der Waals surface area contributed by atoms with Crippen LogP contribution in [0.4, 0.5) is 5.69 Å². The Morgan fingerprint density at radius 3 is 2.86 bits per heavy atom. The predicted octanol–water partition coefficient (Wildman–Crippen LogP) is 1.35. The van der Waals surface area contributed by atoms with Crippen molar-refractivity contribution in [2.75, 3.05) is 18.8 Å². The fourth-order valence-electron chi connectivity index (χ4n) is 3.55. The van der Waals surface area contributed by atoms with Crippen LogP contribution in [-0.4, -0.2) is 38.5 Å². The number of hydrogen-bond acceptors (Lipinski definition) is 4. The van der Waals surface area contributed by atoms with E-state index in [-0.39, 0.29) is 10.9 Å². The molecule has 0 radical (unpaired) electrons. The van der Waals surface area contributed by atoms with E-state index in [2.05, 4.69) is 9.62 Å². The number of nitrogens with one attached hydrogen (secondary N) is 1. The first-order valence-electron chi connectivity index (χ1n) is 7.66. The summed E-state index contributed by atoms with van der Waals surface area (Å²) in [5, 5.41) is 0. The van der Waals surface area contributed by atoms with Crippen molar-refractivity contribution in [3.05, 3.63) is 23.8 Å². The number of nitrogens with zero attached hydrogens (tertiary/aromatic N) is 1. The summed E-state index contributed by atoms with van der Waals surface area (Å²) in [4.78, 5) is 2.66. The van der Waals surface area contributed by atoms with Gasteiger partial charge in [-0.25, -0.2) is 13.1 Å². The Balaban J connectivity index is 1.79. The number of sulfonamides is 1. The van der Waals surface area contributed by atoms with E-state index in [1.54, 1.807) is 18.2 Å². The lowest BCUT2D eigenvalue weighted by Crippen LogP contribution is -2.42. The van der Waals surface area contributed by atoms with Gasteiger partial charge in [-0.05, 0) is 49.9 Å². The van der Waals surface area contributed by atoms with E-state index in [4.69, 9.17) is 5.73 Å². The van der Waals surface area contributed by atoms with Crippen molar-refractivity contribution >= 4 is 15.7 Å². The maximum absolute atomic E-state index is 12.5. The maximum Gasteiger partial charge on any atom is 0.240 e. The van der Waals surface area contributed by atoms with Gasteiger partial charge >= 0.3 is 0 Å². The minimum Gasteiger partial charge on any atom is -0.398 e. The quantitative estimate of drug-likeness (QED) is 0.823. The largest absolute Gasteiger partial charge is 0.398 e. The minimum absolute atomic E-state index is 0.0320. The van der Waals surface area contributed by atoms with Gasteiger partial charge in [-0.3, -0.25) is 4.90 Å². The van der Waals surface area contributed by atoms with Gasteiger partial charge in [0.05, 0.1) is 4.90 Å². The minimum atomic E-state index is -3.49. The average molecular weight is 309 g/mol. The van der Waals surface area contributed by atoms with E-state index in [1.165, 1.54) is 6.42 Å². The lowest BCUT2D eigenvalue weighted by atomic mass is 10.1. The third kappa shape index (κ3) is 2.80. The van der Waals surface area contributed by atoms with Crippen molar-refractivity contribution in [3.63, 3.8) is 0 Å². The standard InChI is InChI=1S/C15H23N3O2S/c1-2-11-5-6-12(10-13(11)16)21(19,20)17-14-7-9-18-8-3-4-15(14)18/h5-6,10,14-15,17H,2-4,7-9,16H2,1H3. The zero-order valence-corrected chi connectivity index (χ0v) is 13.2. The van der Waals surface area contributed by atoms with Crippen molar-refractivity contribution in [1.29, 1.82) is 0 Å². The van der Waals surface area contributed by atoms with E-state index >= 15 is 0 Å². The highest BCUT2D eigenvalue weighted by molar-refractivity contribution is 7.89. The third-order valence-electron chi connectivity index (χ3n) is 4.72. The van der Waals surface area contributed by atoms with Crippen LogP contribution >= 0.6 is 0 Å². The summed E-state index contributed by atoms with van der Waals surface area (Å²) >= 11 is 0. The first-order chi connectivity index (χ1) is 10.0. The molecular formula is C15H23N3O2S. The van der Waals surface area contributed by atoms with E-state index < -0.39 is 10.0 Å². The van der Waals surface area contributed by atoms with Crippen LogP contribution < -0.4 is 10.5 Å². The lowest BCUT2D eigenvalue weighted by molar-refractivity contribution is 0.309. The van der Waals surface area contributed by atoms with Crippen molar-refractivity contribution < 1.29 is 8.42 Å². The molecule has 2 aliphatic heterocycles. The number of benzene rings is 1. The van der Waals surface area contributed by atoms with Gasteiger partial charge in [0.2, 0.25) is 10.0 Å². The van der Waals surface area contributed by atoms with E-state index in [0.717, 1.165) is 37.9 Å². The smallest absolute Gasteiger partial charge is 0.240 e. The molecule has 21 heavy (non-hydrogen) atoms. The molecule has 3 N–H and O–H groups in total. The molecule has 0 bridgehead atoms. The molecule has 2 aliphatic rings. The molecule has 2 fully saturated rings. The highest BCUT2D eigenvalue weighted by Gasteiger charge is 2.39. The Kier molecular flexibility index (Phi) is 3.94. The molecule has 2 saturated heterocycles. The summed E-state index contributed by atoms with van der Waals surface area (Å²) < 4.78 is 28.0. The monoisotopic (exact) mass is 309 g/mol. The molecule has 0 saturated carbocycles. The van der Waals surface area contributed by atoms with Crippen LogP contribution in [0.15, 0.2) is 23.1 Å². The summed E-state index contributed by atoms with van der Waals surface area (Å²) in [7, 11) is -3.49. The van der Waals surface area contributed by atoms with Crippen molar-refractivity contribution in [2.45, 2.75) is 49.6 Å². The van der Waals surface area contributed by atoms with Gasteiger partial charge in [0, 0.05) is 24.3 Å². The van der Waals surface area contributed by atoms with Gasteiger partial charge in [0.15, 0.2) is 0 Å². The molecule has 116 valence electrons. The number of hydrogen-bond donors (Lipinski definition) is 2. The average Bonchev–Trinajstić information content (AvgIpc) is 3.03. The number of fused-ring (bicyclic) bond motifs is 1. The Morgan fingerprint density at radius 2 is 2.14 bits per heavy atom. The molecule has 6 heteroatoms. The second-order valence-corrected chi connectivity index (χ2v) is 7.69. The Hall–Kier alpha value is -1.11. The Bertz CT molecular complexity index is 630. The van der Waals surface area contributed by atoms with Gasteiger partial charge in [0.25, 0.3) is 0 Å². The van der Waals surface area contributed by atoms with Gasteiger partial charge < -0.3 is 5.73 Å². The van der Waals surface area contributed by atoms with Gasteiger partial charge in [0.1, 0.15) is 0 Å². The second-order valence-electron chi connectivity index (χ2n) is 5.98. The topological polar surface area (TPSA) is 75.4 Å². The molecular weight excluding hydrogens is 286 g/mol. The second kappa shape index (κ2) is 5.59. The van der Waals surface area contributed by atoms with Crippen LogP contribution in [0.1, 0.15) is 31.7 Å². The van der Waals surface area contributed by atoms with Crippen LogP contribution in [0.3, 0.4) is 0 Å². The van der Waals surface area contributed by atoms with Gasteiger partial charge in [-0.15, -0.1) is 0 Å². The summed E-state index contributed by atoms with van der Waals surface area (Å²) in [6.45, 7) is 4.10. The highest BCUT2D eigenvalue weighted by Crippen LogP contribution is 2.29. The molecule has 2 unspecified atom stereocenters. The zero-order chi connectivity index (χ0) is 15.0. The molecule has 0 amide bonds. The normalized spacial score (nSPS) is 26.1. The Morgan fingerprint density at radius 1 is 1.33 bits per heavy atom. The van der Waals surface area contributed by atoms with Crippen LogP contribution in [0.25, 0.3) is 0 Å². The van der Waals surface area contributed by atoms with Gasteiger partial charge in [-0.1, -0.05) is 13.0 Å². The summed E-state index contributed by atoms with van der Waals surface area (Å²) in [5.41, 5.74) is 7.46. The molecule has 5 nitrogen and oxygen atoms in total. The fourth-order valence-corrected chi connectivity index (χ4v) is 4.89. The van der Waals surface area contributed by atoms with E-state index in [9.17, 15) is 8.42 Å². The van der Waals surface area contributed by atoms with Crippen molar-refractivity contribution in [3.8, 4) is 0 Å². The summed E-state index contributed by atoms with van der Waals surface area (Å²) in [5.74, 6) is 0. The molecule has 3 rings (SSSR count). The first-order valence-corrected chi connectivity index (χ1v) is 9.14. The zero-order valence-electron chi connectivity index (χ0n) is 12.4. The third-order valence-corrected chi connectivity index (χ3v) is 6.21. The molecule has 2 atom stereocenters. The molecule has 1 aromatic rings. The first kappa shape index (κ1) is 14.8. The lowest BCUT2D eigenvalue weighted by Gasteiger charge is -2.21. The highest BCUT2D eigenvalue weighted by atomic mass is 32.2. The van der Waals surface area contributed by atoms with Crippen LogP contribution in [-0.2, 0) is 16.4 Å². The summed E-state index contributed by atoms with van der Waals surface area (Å²) in [6.07, 6.45) is 3.96. The molecule has 0 aromatic heterocycles.